The summed E-state index contributed by atoms with van der Waals surface area (Å²) < 4.78 is 38.8. The van der Waals surface area contributed by atoms with Gasteiger partial charge in [0.2, 0.25) is 5.91 Å². The Balaban J connectivity index is 1.28. The highest BCUT2D eigenvalue weighted by Crippen LogP contribution is 2.32. The fourth-order valence-electron chi connectivity index (χ4n) is 5.02. The Hall–Kier alpha value is -3.87. The molecular weight excluding hydrogens is 477 g/mol. The Morgan fingerprint density at radius 1 is 0.919 bits per heavy atom. The second-order valence-corrected chi connectivity index (χ2v) is 9.55. The number of hydrogen-bond acceptors (Lipinski definition) is 2. The first kappa shape index (κ1) is 24.8. The van der Waals surface area contributed by atoms with E-state index in [1.165, 1.54) is 17.7 Å². The van der Waals surface area contributed by atoms with Crippen LogP contribution in [-0.4, -0.2) is 23.3 Å². The topological polar surface area (TPSA) is 49.4 Å². The summed E-state index contributed by atoms with van der Waals surface area (Å²) in [6.45, 7) is 1.21. The monoisotopic (exact) mass is 504 g/mol. The molecule has 0 saturated carbocycles. The molecule has 0 bridgehead atoms. The van der Waals surface area contributed by atoms with E-state index in [1.54, 1.807) is 24.3 Å². The molecule has 0 unspecified atom stereocenters. The van der Waals surface area contributed by atoms with Crippen LogP contribution in [0.25, 0.3) is 11.1 Å². The predicted octanol–water partition coefficient (Wildman–Crippen LogP) is 7.01. The maximum absolute atomic E-state index is 13.2. The maximum atomic E-state index is 13.2. The smallest absolute Gasteiger partial charge is 0.338 e. The molecule has 0 fully saturated rings. The number of hydrogen-bond donors (Lipinski definition) is 1. The van der Waals surface area contributed by atoms with Crippen molar-refractivity contribution in [3.05, 3.63) is 101 Å². The van der Waals surface area contributed by atoms with Crippen LogP contribution in [0.1, 0.15) is 52.7 Å². The average Bonchev–Trinajstić information content (AvgIpc) is 3.41. The molecule has 190 valence electrons. The SMILES string of the molecule is O=C(Nc1ccc2c(c1)CCN(C(=O)CC1=CCCC1)C2)c1ccccc1-c1ccc(C(F)(F)F)cc1. The number of allylic oxidation sites excluding steroid dienone is 1. The summed E-state index contributed by atoms with van der Waals surface area (Å²) >= 11 is 0. The lowest BCUT2D eigenvalue weighted by atomic mass is 9.97. The van der Waals surface area contributed by atoms with Crippen LogP contribution in [0.4, 0.5) is 18.9 Å². The Labute approximate surface area is 213 Å². The molecule has 2 amide bonds. The van der Waals surface area contributed by atoms with Crippen molar-refractivity contribution in [2.24, 2.45) is 0 Å². The Bertz CT molecular complexity index is 1360. The van der Waals surface area contributed by atoms with Crippen LogP contribution in [0, 0.1) is 0 Å². The fraction of sp³-hybridized carbons (Fsp3) is 0.267. The van der Waals surface area contributed by atoms with Crippen molar-refractivity contribution >= 4 is 17.5 Å². The molecule has 37 heavy (non-hydrogen) atoms. The van der Waals surface area contributed by atoms with Gasteiger partial charge in [-0.3, -0.25) is 9.59 Å². The molecule has 1 aliphatic carbocycles. The van der Waals surface area contributed by atoms with E-state index in [1.807, 2.05) is 23.1 Å². The van der Waals surface area contributed by atoms with Gasteiger partial charge >= 0.3 is 6.18 Å². The highest BCUT2D eigenvalue weighted by molar-refractivity contribution is 6.08. The van der Waals surface area contributed by atoms with Gasteiger partial charge < -0.3 is 10.2 Å². The average molecular weight is 505 g/mol. The maximum Gasteiger partial charge on any atom is 0.416 e. The minimum absolute atomic E-state index is 0.163. The summed E-state index contributed by atoms with van der Waals surface area (Å²) in [6.07, 6.45) is 2.19. The standard InChI is InChI=1S/C30H27F3N2O2/c31-30(32,33)24-12-9-21(10-13-24)26-7-3-4-8-27(26)29(37)34-25-14-11-23-19-35(16-15-22(23)18-25)28(36)17-20-5-1-2-6-20/h3-5,7-14,18H,1-2,6,15-17,19H2,(H,34,37). The highest BCUT2D eigenvalue weighted by Gasteiger charge is 2.30. The summed E-state index contributed by atoms with van der Waals surface area (Å²) in [5, 5.41) is 2.93. The zero-order valence-electron chi connectivity index (χ0n) is 20.3. The van der Waals surface area contributed by atoms with Crippen molar-refractivity contribution in [1.29, 1.82) is 0 Å². The van der Waals surface area contributed by atoms with Gasteiger partial charge in [0.05, 0.1) is 5.56 Å². The van der Waals surface area contributed by atoms with Crippen LogP contribution in [-0.2, 0) is 23.9 Å². The Morgan fingerprint density at radius 2 is 1.70 bits per heavy atom. The van der Waals surface area contributed by atoms with E-state index in [4.69, 9.17) is 0 Å². The van der Waals surface area contributed by atoms with Gasteiger partial charge in [-0.2, -0.15) is 13.2 Å². The predicted molar refractivity (Wildman–Crippen MR) is 137 cm³/mol. The number of nitrogens with zero attached hydrogens (tertiary/aromatic N) is 1. The van der Waals surface area contributed by atoms with Gasteiger partial charge in [-0.05, 0) is 78.3 Å². The zero-order chi connectivity index (χ0) is 26.0. The highest BCUT2D eigenvalue weighted by atomic mass is 19.4. The number of amides is 2. The van der Waals surface area contributed by atoms with Crippen molar-refractivity contribution in [1.82, 2.24) is 4.90 Å². The van der Waals surface area contributed by atoms with E-state index in [9.17, 15) is 22.8 Å². The van der Waals surface area contributed by atoms with Gasteiger partial charge in [0.1, 0.15) is 0 Å². The molecule has 4 nitrogen and oxygen atoms in total. The molecule has 1 aliphatic heterocycles. The summed E-state index contributed by atoms with van der Waals surface area (Å²) in [5.41, 5.74) is 4.77. The molecule has 0 spiro atoms. The minimum atomic E-state index is -4.42. The number of carbonyl (C=O) groups excluding carboxylic acids is 2. The van der Waals surface area contributed by atoms with Crippen molar-refractivity contribution in [2.75, 3.05) is 11.9 Å². The number of carbonyl (C=O) groups is 2. The third kappa shape index (κ3) is 5.61. The van der Waals surface area contributed by atoms with Crippen molar-refractivity contribution in [3.63, 3.8) is 0 Å². The summed E-state index contributed by atoms with van der Waals surface area (Å²) in [5.74, 6) is -0.177. The van der Waals surface area contributed by atoms with E-state index in [2.05, 4.69) is 11.4 Å². The first-order valence-corrected chi connectivity index (χ1v) is 12.4. The molecule has 0 atom stereocenters. The molecule has 2 aliphatic rings. The van der Waals surface area contributed by atoms with Gasteiger partial charge in [-0.1, -0.05) is 48.0 Å². The van der Waals surface area contributed by atoms with E-state index in [0.29, 0.717) is 48.3 Å². The first-order chi connectivity index (χ1) is 17.8. The van der Waals surface area contributed by atoms with Gasteiger partial charge in [-0.15, -0.1) is 0 Å². The zero-order valence-corrected chi connectivity index (χ0v) is 20.3. The lowest BCUT2D eigenvalue weighted by Gasteiger charge is -2.29. The van der Waals surface area contributed by atoms with Gasteiger partial charge in [0, 0.05) is 30.8 Å². The number of alkyl halides is 3. The third-order valence-electron chi connectivity index (χ3n) is 7.04. The third-order valence-corrected chi connectivity index (χ3v) is 7.04. The molecule has 0 radical (unpaired) electrons. The van der Waals surface area contributed by atoms with E-state index in [-0.39, 0.29) is 11.8 Å². The fourth-order valence-corrected chi connectivity index (χ4v) is 5.02. The first-order valence-electron chi connectivity index (χ1n) is 12.4. The van der Waals surface area contributed by atoms with Crippen LogP contribution >= 0.6 is 0 Å². The molecule has 1 N–H and O–H groups in total. The van der Waals surface area contributed by atoms with Crippen LogP contribution in [0.3, 0.4) is 0 Å². The van der Waals surface area contributed by atoms with E-state index in [0.717, 1.165) is 42.5 Å². The molecule has 5 rings (SSSR count). The Kier molecular flexibility index (Phi) is 6.87. The van der Waals surface area contributed by atoms with Gasteiger partial charge in [-0.25, -0.2) is 0 Å². The molecule has 0 saturated heterocycles. The normalized spacial score (nSPS) is 15.2. The van der Waals surface area contributed by atoms with Crippen molar-refractivity contribution in [3.8, 4) is 11.1 Å². The van der Waals surface area contributed by atoms with Crippen LogP contribution in [0.15, 0.2) is 78.4 Å². The summed E-state index contributed by atoms with van der Waals surface area (Å²) in [7, 11) is 0. The lowest BCUT2D eigenvalue weighted by molar-refractivity contribution is -0.137. The molecule has 3 aromatic carbocycles. The summed E-state index contributed by atoms with van der Waals surface area (Å²) in [4.78, 5) is 27.8. The van der Waals surface area contributed by atoms with E-state index < -0.39 is 11.7 Å². The number of benzene rings is 3. The molecular formula is C30H27F3N2O2. The molecule has 7 heteroatoms. The second-order valence-electron chi connectivity index (χ2n) is 9.55. The number of anilines is 1. The minimum Gasteiger partial charge on any atom is -0.338 e. The van der Waals surface area contributed by atoms with E-state index >= 15 is 0 Å². The molecule has 1 heterocycles. The second kappa shape index (κ2) is 10.2. The van der Waals surface area contributed by atoms with Crippen LogP contribution in [0.5, 0.6) is 0 Å². The quantitative estimate of drug-likeness (QED) is 0.380. The Morgan fingerprint density at radius 3 is 2.43 bits per heavy atom. The van der Waals surface area contributed by atoms with Gasteiger partial charge in [0.15, 0.2) is 0 Å². The van der Waals surface area contributed by atoms with Crippen LogP contribution < -0.4 is 5.32 Å². The number of rotatable bonds is 5. The lowest BCUT2D eigenvalue weighted by Crippen LogP contribution is -2.36. The van der Waals surface area contributed by atoms with Gasteiger partial charge in [0.25, 0.3) is 5.91 Å². The molecule has 0 aromatic heterocycles. The molecule has 3 aromatic rings. The number of halogens is 3. The largest absolute Gasteiger partial charge is 0.416 e. The summed E-state index contributed by atoms with van der Waals surface area (Å²) in [6, 6.07) is 17.4. The van der Waals surface area contributed by atoms with Crippen molar-refractivity contribution in [2.45, 2.75) is 44.8 Å². The number of nitrogens with one attached hydrogen (secondary N) is 1. The van der Waals surface area contributed by atoms with Crippen LogP contribution in [0.2, 0.25) is 0 Å². The van der Waals surface area contributed by atoms with Crippen molar-refractivity contribution < 1.29 is 22.8 Å². The number of fused-ring (bicyclic) bond motifs is 1.